The number of quaternary nitrogens is 1. The van der Waals surface area contributed by atoms with Crippen molar-refractivity contribution in [3.63, 3.8) is 0 Å². The molecule has 2 N–H and O–H groups in total. The number of nitrogens with one attached hydrogen (secondary N) is 2. The van der Waals surface area contributed by atoms with Gasteiger partial charge in [0, 0.05) is 23.1 Å². The summed E-state index contributed by atoms with van der Waals surface area (Å²) in [5, 5.41) is 5.62. The van der Waals surface area contributed by atoms with Crippen LogP contribution in [-0.2, 0) is 19.6 Å². The highest BCUT2D eigenvalue weighted by Gasteiger charge is 2.17. The summed E-state index contributed by atoms with van der Waals surface area (Å²) in [6.45, 7) is 7.04. The van der Waals surface area contributed by atoms with Crippen molar-refractivity contribution in [2.45, 2.75) is 39.9 Å². The zero-order valence-corrected chi connectivity index (χ0v) is 17.7. The Morgan fingerprint density at radius 2 is 1.66 bits per heavy atom. The maximum Gasteiger partial charge on any atom is 0.270 e. The van der Waals surface area contributed by atoms with Gasteiger partial charge in [-0.1, -0.05) is 48.9 Å². The Balaban J connectivity index is 1.73. The molecule has 0 fully saturated rings. The number of aryl methyl sites for hydroxylation is 1. The van der Waals surface area contributed by atoms with Crippen LogP contribution in [0.25, 0.3) is 0 Å². The first-order valence-corrected chi connectivity index (χ1v) is 10.8. The van der Waals surface area contributed by atoms with E-state index in [1.54, 1.807) is 0 Å². The van der Waals surface area contributed by atoms with E-state index in [-0.39, 0.29) is 11.7 Å². The largest absolute Gasteiger partial charge is 0.351 e. The molecule has 29 heavy (non-hydrogen) atoms. The van der Waals surface area contributed by atoms with Crippen molar-refractivity contribution >= 4 is 17.2 Å². The van der Waals surface area contributed by atoms with Crippen LogP contribution in [0, 0.1) is 12.7 Å². The molecule has 6 heteroatoms. The molecule has 2 aromatic carbocycles. The number of nitrogens with zero attached hydrogens (tertiary/aromatic N) is 1. The van der Waals surface area contributed by atoms with Gasteiger partial charge in [-0.3, -0.25) is 4.79 Å². The molecule has 1 heterocycles. The molecule has 0 radical (unpaired) electrons. The van der Waals surface area contributed by atoms with Crippen LogP contribution in [0.2, 0.25) is 0 Å². The van der Waals surface area contributed by atoms with Crippen LogP contribution in [0.4, 0.5) is 4.39 Å². The predicted molar refractivity (Wildman–Crippen MR) is 114 cm³/mol. The number of aromatic nitrogens is 1. The molecule has 0 aliphatic carbocycles. The molecule has 0 bridgehead atoms. The second-order valence-electron chi connectivity index (χ2n) is 7.27. The Labute approximate surface area is 175 Å². The minimum atomic E-state index is -0.225. The summed E-state index contributed by atoms with van der Waals surface area (Å²) in [4.78, 5) is 18.0. The highest BCUT2D eigenvalue weighted by Crippen LogP contribution is 2.10. The van der Waals surface area contributed by atoms with Crippen molar-refractivity contribution in [3.05, 3.63) is 87.1 Å². The van der Waals surface area contributed by atoms with Crippen LogP contribution in [0.5, 0.6) is 0 Å². The van der Waals surface area contributed by atoms with E-state index < -0.39 is 0 Å². The Kier molecular flexibility index (Phi) is 7.49. The van der Waals surface area contributed by atoms with E-state index >= 15 is 0 Å². The van der Waals surface area contributed by atoms with E-state index in [4.69, 9.17) is 0 Å². The van der Waals surface area contributed by atoms with Crippen LogP contribution in [0.15, 0.2) is 53.9 Å². The number of carbonyl (C=O) groups excluding carboxylic acids is 1. The number of halogens is 1. The zero-order valence-electron chi connectivity index (χ0n) is 16.9. The SMILES string of the molecule is CCCNC(=O)c1csc(C[NH+](Cc2ccc(C)cc2)Cc2ccc(F)cc2)n1. The van der Waals surface area contributed by atoms with Gasteiger partial charge in [0.05, 0.1) is 0 Å². The van der Waals surface area contributed by atoms with Gasteiger partial charge in [0.25, 0.3) is 5.91 Å². The van der Waals surface area contributed by atoms with Crippen LogP contribution in [0.1, 0.15) is 45.5 Å². The summed E-state index contributed by atoms with van der Waals surface area (Å²) in [5.41, 5.74) is 4.03. The quantitative estimate of drug-likeness (QED) is 0.565. The molecule has 1 atom stereocenters. The van der Waals surface area contributed by atoms with Gasteiger partial charge in [0.2, 0.25) is 0 Å². The topological polar surface area (TPSA) is 46.4 Å². The average molecular weight is 413 g/mol. The number of thiazole rings is 1. The van der Waals surface area contributed by atoms with Gasteiger partial charge in [-0.2, -0.15) is 0 Å². The van der Waals surface area contributed by atoms with Gasteiger partial charge < -0.3 is 10.2 Å². The Morgan fingerprint density at radius 3 is 2.28 bits per heavy atom. The molecule has 0 saturated carbocycles. The second kappa shape index (κ2) is 10.3. The van der Waals surface area contributed by atoms with Gasteiger partial charge >= 0.3 is 0 Å². The summed E-state index contributed by atoms with van der Waals surface area (Å²) in [7, 11) is 0. The second-order valence-corrected chi connectivity index (χ2v) is 8.22. The molecule has 1 aromatic heterocycles. The Bertz CT molecular complexity index is 875. The van der Waals surface area contributed by atoms with Crippen molar-refractivity contribution in [3.8, 4) is 0 Å². The number of hydrogen-bond acceptors (Lipinski definition) is 3. The highest BCUT2D eigenvalue weighted by molar-refractivity contribution is 7.09. The normalized spacial score (nSPS) is 12.0. The first kappa shape index (κ1) is 21.1. The minimum Gasteiger partial charge on any atom is -0.351 e. The van der Waals surface area contributed by atoms with Gasteiger partial charge in [-0.25, -0.2) is 9.37 Å². The summed E-state index contributed by atoms with van der Waals surface area (Å²) >= 11 is 1.51. The molecule has 0 aliphatic rings. The smallest absolute Gasteiger partial charge is 0.270 e. The van der Waals surface area contributed by atoms with E-state index in [1.165, 1.54) is 39.5 Å². The van der Waals surface area contributed by atoms with Crippen LogP contribution in [0.3, 0.4) is 0 Å². The predicted octanol–water partition coefficient (Wildman–Crippen LogP) is 3.52. The summed E-state index contributed by atoms with van der Waals surface area (Å²) in [6, 6.07) is 15.2. The van der Waals surface area contributed by atoms with Crippen molar-refractivity contribution < 1.29 is 14.1 Å². The Morgan fingerprint density at radius 1 is 1.03 bits per heavy atom. The van der Waals surface area contributed by atoms with E-state index in [0.29, 0.717) is 18.8 Å². The molecule has 0 spiro atoms. The van der Waals surface area contributed by atoms with E-state index in [9.17, 15) is 9.18 Å². The van der Waals surface area contributed by atoms with Gasteiger partial charge in [-0.05, 0) is 25.5 Å². The number of amides is 1. The molecular formula is C23H27FN3OS+. The van der Waals surface area contributed by atoms with Gasteiger partial charge in [0.15, 0.2) is 0 Å². The van der Waals surface area contributed by atoms with E-state index in [1.807, 2.05) is 24.4 Å². The van der Waals surface area contributed by atoms with Crippen molar-refractivity contribution in [2.24, 2.45) is 0 Å². The van der Waals surface area contributed by atoms with E-state index in [2.05, 4.69) is 41.5 Å². The maximum absolute atomic E-state index is 13.3. The van der Waals surface area contributed by atoms with Gasteiger partial charge in [-0.15, -0.1) is 11.3 Å². The number of hydrogen-bond donors (Lipinski definition) is 2. The fourth-order valence-electron chi connectivity index (χ4n) is 3.11. The third-order valence-electron chi connectivity index (χ3n) is 4.66. The first-order valence-electron chi connectivity index (χ1n) is 9.89. The highest BCUT2D eigenvalue weighted by atomic mass is 32.1. The van der Waals surface area contributed by atoms with Crippen LogP contribution >= 0.6 is 11.3 Å². The molecule has 1 amide bonds. The number of rotatable bonds is 9. The fraction of sp³-hybridized carbons (Fsp3) is 0.304. The Hall–Kier alpha value is -2.57. The summed E-state index contributed by atoms with van der Waals surface area (Å²) in [5.74, 6) is -0.343. The van der Waals surface area contributed by atoms with Crippen molar-refractivity contribution in [1.29, 1.82) is 0 Å². The molecule has 152 valence electrons. The first-order chi connectivity index (χ1) is 14.0. The molecule has 3 rings (SSSR count). The standard InChI is InChI=1S/C23H26FN3OS/c1-3-12-25-23(28)21-16-29-22(26-21)15-27(13-18-6-4-17(2)5-7-18)14-19-8-10-20(24)11-9-19/h4-11,16H,3,12-15H2,1-2H3,(H,25,28)/p+1. The van der Waals surface area contributed by atoms with Crippen molar-refractivity contribution in [2.75, 3.05) is 6.54 Å². The van der Waals surface area contributed by atoms with Crippen molar-refractivity contribution in [1.82, 2.24) is 10.3 Å². The summed E-state index contributed by atoms with van der Waals surface area (Å²) in [6.07, 6.45) is 0.898. The maximum atomic E-state index is 13.3. The third-order valence-corrected chi connectivity index (χ3v) is 5.51. The van der Waals surface area contributed by atoms with Crippen LogP contribution in [-0.4, -0.2) is 17.4 Å². The monoisotopic (exact) mass is 412 g/mol. The number of benzene rings is 2. The lowest BCUT2D eigenvalue weighted by Crippen LogP contribution is -3.08. The van der Waals surface area contributed by atoms with E-state index in [0.717, 1.165) is 30.1 Å². The van der Waals surface area contributed by atoms with Gasteiger partial charge in [0.1, 0.15) is 36.2 Å². The molecule has 3 aromatic rings. The minimum absolute atomic E-state index is 0.118. The molecule has 0 saturated heterocycles. The molecule has 0 aliphatic heterocycles. The number of carbonyl (C=O) groups is 1. The average Bonchev–Trinajstić information content (AvgIpc) is 3.18. The fourth-order valence-corrected chi connectivity index (χ4v) is 3.96. The molecule has 1 unspecified atom stereocenters. The third kappa shape index (κ3) is 6.48. The lowest BCUT2D eigenvalue weighted by Gasteiger charge is -2.19. The molecular weight excluding hydrogens is 385 g/mol. The lowest BCUT2D eigenvalue weighted by atomic mass is 10.1. The summed E-state index contributed by atoms with van der Waals surface area (Å²) < 4.78 is 13.3. The van der Waals surface area contributed by atoms with Crippen LogP contribution < -0.4 is 10.2 Å². The zero-order chi connectivity index (χ0) is 20.6. The molecule has 4 nitrogen and oxygen atoms in total. The lowest BCUT2D eigenvalue weighted by molar-refractivity contribution is -0.941.